The molecule has 1 spiro atoms. The van der Waals surface area contributed by atoms with Gasteiger partial charge in [-0.2, -0.15) is 0 Å². The van der Waals surface area contributed by atoms with Crippen molar-refractivity contribution in [3.8, 4) is 0 Å². The van der Waals surface area contributed by atoms with Gasteiger partial charge in [0.1, 0.15) is 11.4 Å². The first-order valence-electron chi connectivity index (χ1n) is 13.2. The average Bonchev–Trinajstić information content (AvgIpc) is 2.86. The van der Waals surface area contributed by atoms with E-state index < -0.39 is 5.60 Å². The van der Waals surface area contributed by atoms with Gasteiger partial charge in [0.05, 0.1) is 31.8 Å². The van der Waals surface area contributed by atoms with Crippen LogP contribution in [0.4, 0.5) is 5.82 Å². The number of hydrogen-bond acceptors (Lipinski definition) is 7. The molecular formula is C29H41N3O4. The van der Waals surface area contributed by atoms with Gasteiger partial charge in [0.25, 0.3) is 0 Å². The predicted molar refractivity (Wildman–Crippen MR) is 141 cm³/mol. The topological polar surface area (TPSA) is 64.1 Å². The van der Waals surface area contributed by atoms with Crippen molar-refractivity contribution in [3.63, 3.8) is 0 Å². The molecule has 4 rings (SSSR count). The van der Waals surface area contributed by atoms with Crippen molar-refractivity contribution in [2.75, 3.05) is 50.9 Å². The van der Waals surface area contributed by atoms with Gasteiger partial charge in [-0.1, -0.05) is 30.3 Å². The molecule has 3 heterocycles. The Bertz CT molecular complexity index is 951. The zero-order valence-electron chi connectivity index (χ0n) is 22.1. The number of nitrogens with zero attached hydrogens (tertiary/aromatic N) is 3. The molecule has 2 saturated heterocycles. The minimum Gasteiger partial charge on any atom is -0.460 e. The van der Waals surface area contributed by atoms with E-state index in [1.165, 1.54) is 11.1 Å². The summed E-state index contributed by atoms with van der Waals surface area (Å²) in [5, 5.41) is 0. The number of piperidine rings is 1. The third-order valence-electron chi connectivity index (χ3n) is 6.82. The Morgan fingerprint density at radius 1 is 1.03 bits per heavy atom. The fraction of sp³-hybridized carbons (Fsp3) is 0.586. The molecule has 0 unspecified atom stereocenters. The molecule has 0 atom stereocenters. The van der Waals surface area contributed by atoms with Crippen molar-refractivity contribution in [2.24, 2.45) is 0 Å². The maximum atomic E-state index is 11.7. The number of anilines is 1. The Balaban J connectivity index is 1.15. The molecule has 0 saturated carbocycles. The van der Waals surface area contributed by atoms with Crippen LogP contribution in [0.15, 0.2) is 48.7 Å². The van der Waals surface area contributed by atoms with E-state index >= 15 is 0 Å². The molecule has 1 aromatic heterocycles. The zero-order valence-corrected chi connectivity index (χ0v) is 22.1. The highest BCUT2D eigenvalue weighted by Crippen LogP contribution is 2.32. The number of morpholine rings is 1. The summed E-state index contributed by atoms with van der Waals surface area (Å²) in [6, 6.07) is 14.9. The van der Waals surface area contributed by atoms with Crippen LogP contribution in [0.25, 0.3) is 0 Å². The Kier molecular flexibility index (Phi) is 8.99. The molecule has 0 N–H and O–H groups in total. The molecule has 7 heteroatoms. The third kappa shape index (κ3) is 8.02. The van der Waals surface area contributed by atoms with Crippen molar-refractivity contribution < 1.29 is 19.0 Å². The average molecular weight is 496 g/mol. The van der Waals surface area contributed by atoms with Gasteiger partial charge >= 0.3 is 5.97 Å². The highest BCUT2D eigenvalue weighted by Gasteiger charge is 2.40. The van der Waals surface area contributed by atoms with E-state index in [1.54, 1.807) is 0 Å². The second-order valence-corrected chi connectivity index (χ2v) is 10.9. The monoisotopic (exact) mass is 495 g/mol. The van der Waals surface area contributed by atoms with Crippen molar-refractivity contribution >= 4 is 11.8 Å². The Hall–Kier alpha value is -2.48. The largest absolute Gasteiger partial charge is 0.460 e. The van der Waals surface area contributed by atoms with E-state index in [0.29, 0.717) is 19.6 Å². The van der Waals surface area contributed by atoms with E-state index in [0.717, 1.165) is 64.4 Å². The fourth-order valence-corrected chi connectivity index (χ4v) is 4.91. The third-order valence-corrected chi connectivity index (χ3v) is 6.82. The van der Waals surface area contributed by atoms with E-state index in [-0.39, 0.29) is 11.6 Å². The van der Waals surface area contributed by atoms with Crippen LogP contribution in [-0.2, 0) is 32.0 Å². The van der Waals surface area contributed by atoms with Crippen LogP contribution in [0.3, 0.4) is 0 Å². The van der Waals surface area contributed by atoms with Gasteiger partial charge in [-0.05, 0) is 63.3 Å². The number of pyridine rings is 1. The van der Waals surface area contributed by atoms with E-state index in [4.69, 9.17) is 14.2 Å². The summed E-state index contributed by atoms with van der Waals surface area (Å²) in [6.07, 6.45) is 5.10. The van der Waals surface area contributed by atoms with Crippen LogP contribution < -0.4 is 4.90 Å². The lowest BCUT2D eigenvalue weighted by Gasteiger charge is -2.47. The molecule has 2 aromatic rings. The molecule has 2 aliphatic rings. The van der Waals surface area contributed by atoms with Gasteiger partial charge in [-0.25, -0.2) is 4.98 Å². The summed E-state index contributed by atoms with van der Waals surface area (Å²) in [6.45, 7) is 12.3. The first-order valence-corrected chi connectivity index (χ1v) is 13.2. The number of carbonyl (C=O) groups excluding carboxylic acids is 1. The quantitative estimate of drug-likeness (QED) is 0.381. The Morgan fingerprint density at radius 2 is 1.78 bits per heavy atom. The highest BCUT2D eigenvalue weighted by molar-refractivity contribution is 5.69. The van der Waals surface area contributed by atoms with Crippen molar-refractivity contribution in [2.45, 2.75) is 64.2 Å². The van der Waals surface area contributed by atoms with Crippen LogP contribution in [0, 0.1) is 0 Å². The molecular weight excluding hydrogens is 454 g/mol. The summed E-state index contributed by atoms with van der Waals surface area (Å²) < 4.78 is 17.3. The van der Waals surface area contributed by atoms with Crippen LogP contribution in [0.5, 0.6) is 0 Å². The number of rotatable bonds is 9. The van der Waals surface area contributed by atoms with Crippen molar-refractivity contribution in [1.82, 2.24) is 9.88 Å². The molecule has 0 radical (unpaired) electrons. The second kappa shape index (κ2) is 12.2. The van der Waals surface area contributed by atoms with Gasteiger partial charge in [0, 0.05) is 38.9 Å². The molecule has 0 amide bonds. The maximum Gasteiger partial charge on any atom is 0.308 e. The van der Waals surface area contributed by atoms with Crippen molar-refractivity contribution in [1.29, 1.82) is 0 Å². The summed E-state index contributed by atoms with van der Waals surface area (Å²) in [7, 11) is 0. The summed E-state index contributed by atoms with van der Waals surface area (Å²) in [5.74, 6) is 0.840. The van der Waals surface area contributed by atoms with Crippen LogP contribution in [0.2, 0.25) is 0 Å². The molecule has 0 bridgehead atoms. The number of esters is 1. The molecule has 2 aliphatic heterocycles. The second-order valence-electron chi connectivity index (χ2n) is 10.9. The first-order chi connectivity index (χ1) is 17.3. The van der Waals surface area contributed by atoms with Crippen LogP contribution >= 0.6 is 0 Å². The van der Waals surface area contributed by atoms with E-state index in [1.807, 2.05) is 33.0 Å². The summed E-state index contributed by atoms with van der Waals surface area (Å²) in [5.41, 5.74) is 2.08. The van der Waals surface area contributed by atoms with Crippen LogP contribution in [-0.4, -0.2) is 73.1 Å². The standard InChI is InChI=1S/C29H41N3O4/c1-28(2,3)36-27(33)12-20-34-19-11-24-7-9-25(10-8-24)22-31-16-13-29(14-17-31)23-32(18-21-35-29)26-6-4-5-15-30-26/h4-10,15H,11-14,16-23H2,1-3H3. The minimum atomic E-state index is -0.445. The summed E-state index contributed by atoms with van der Waals surface area (Å²) in [4.78, 5) is 21.2. The first kappa shape index (κ1) is 26.6. The lowest BCUT2D eigenvalue weighted by atomic mass is 9.89. The Labute approximate surface area is 215 Å². The van der Waals surface area contributed by atoms with Gasteiger partial charge in [0.2, 0.25) is 0 Å². The normalized spacial score (nSPS) is 18.4. The van der Waals surface area contributed by atoms with Crippen LogP contribution in [0.1, 0.15) is 51.2 Å². The minimum absolute atomic E-state index is 0.0559. The highest BCUT2D eigenvalue weighted by atomic mass is 16.6. The van der Waals surface area contributed by atoms with Gasteiger partial charge in [0.15, 0.2) is 0 Å². The van der Waals surface area contributed by atoms with Gasteiger partial charge in [-0.15, -0.1) is 0 Å². The zero-order chi connectivity index (χ0) is 25.4. The molecule has 0 aliphatic carbocycles. The number of carbonyl (C=O) groups is 1. The number of hydrogen-bond donors (Lipinski definition) is 0. The van der Waals surface area contributed by atoms with Gasteiger partial charge in [-0.3, -0.25) is 9.69 Å². The predicted octanol–water partition coefficient (Wildman–Crippen LogP) is 4.24. The SMILES string of the molecule is CC(C)(C)OC(=O)CCOCCc1ccc(CN2CCC3(CC2)CN(c2ccccn2)CCO3)cc1. The smallest absolute Gasteiger partial charge is 0.308 e. The fourth-order valence-electron chi connectivity index (χ4n) is 4.91. The molecule has 2 fully saturated rings. The maximum absolute atomic E-state index is 11.7. The molecule has 196 valence electrons. The molecule has 1 aromatic carbocycles. The molecule has 7 nitrogen and oxygen atoms in total. The number of ether oxygens (including phenoxy) is 3. The van der Waals surface area contributed by atoms with E-state index in [2.05, 4.69) is 51.2 Å². The van der Waals surface area contributed by atoms with Gasteiger partial charge < -0.3 is 19.1 Å². The lowest BCUT2D eigenvalue weighted by Crippen LogP contribution is -2.57. The Morgan fingerprint density at radius 3 is 2.47 bits per heavy atom. The summed E-state index contributed by atoms with van der Waals surface area (Å²) >= 11 is 0. The number of benzene rings is 1. The number of likely N-dealkylation sites (tertiary alicyclic amines) is 1. The van der Waals surface area contributed by atoms with Crippen molar-refractivity contribution in [3.05, 3.63) is 59.8 Å². The number of aromatic nitrogens is 1. The lowest BCUT2D eigenvalue weighted by molar-refractivity contribution is -0.156. The molecule has 36 heavy (non-hydrogen) atoms. The van der Waals surface area contributed by atoms with E-state index in [9.17, 15) is 4.79 Å².